The molecule has 0 aromatic heterocycles. The van der Waals surface area contributed by atoms with Gasteiger partial charge in [-0.3, -0.25) is 0 Å². The molecule has 0 saturated carbocycles. The van der Waals surface area contributed by atoms with Gasteiger partial charge in [0.25, 0.3) is 0 Å². The van der Waals surface area contributed by atoms with Crippen molar-refractivity contribution in [1.82, 2.24) is 0 Å². The molecule has 0 aromatic carbocycles. The molecule has 0 amide bonds. The van der Waals surface area contributed by atoms with Crippen LogP contribution in [0.25, 0.3) is 0 Å². The van der Waals surface area contributed by atoms with Gasteiger partial charge in [-0.2, -0.15) is 0 Å². The summed E-state index contributed by atoms with van der Waals surface area (Å²) < 4.78 is 4.83. The van der Waals surface area contributed by atoms with Gasteiger partial charge in [0.15, 0.2) is 0 Å². The third-order valence-corrected chi connectivity index (χ3v) is 14.0. The summed E-state index contributed by atoms with van der Waals surface area (Å²) in [6.45, 7) is 14.3. The second kappa shape index (κ2) is 9.02. The van der Waals surface area contributed by atoms with Crippen LogP contribution in [-0.2, 0) is 0 Å². The van der Waals surface area contributed by atoms with Gasteiger partial charge in [0.05, 0.1) is 0 Å². The van der Waals surface area contributed by atoms with Crippen LogP contribution in [0.2, 0.25) is 13.3 Å². The second-order valence-corrected chi connectivity index (χ2v) is 13.3. The Bertz CT molecular complexity index is 97.7. The number of hydrogen-bond donors (Lipinski definition) is 0. The fourth-order valence-corrected chi connectivity index (χ4v) is 13.3. The van der Waals surface area contributed by atoms with E-state index >= 15 is 0 Å². The van der Waals surface area contributed by atoms with Gasteiger partial charge in [0.2, 0.25) is 0 Å². The van der Waals surface area contributed by atoms with Gasteiger partial charge < -0.3 is 5.48 Å². The minimum absolute atomic E-state index is 0. The molecule has 0 bridgehead atoms. The molecule has 0 aliphatic carbocycles. The van der Waals surface area contributed by atoms with E-state index in [-0.39, 0.29) is 5.48 Å². The zero-order valence-corrected chi connectivity index (χ0v) is 13.7. The zero-order valence-electron chi connectivity index (χ0n) is 10.8. The van der Waals surface area contributed by atoms with Crippen molar-refractivity contribution in [1.29, 1.82) is 0 Å². The third-order valence-electron chi connectivity index (χ3n) is 2.09. The van der Waals surface area contributed by atoms with Crippen LogP contribution < -0.4 is 0 Å². The van der Waals surface area contributed by atoms with Crippen LogP contribution in [0.3, 0.4) is 0 Å². The minimum atomic E-state index is -0.976. The molecule has 0 spiro atoms. The summed E-state index contributed by atoms with van der Waals surface area (Å²) >= 11 is -0.976. The molecule has 0 aliphatic heterocycles. The van der Waals surface area contributed by atoms with E-state index in [0.717, 1.165) is 17.8 Å². The molecule has 0 fully saturated rings. The zero-order chi connectivity index (χ0) is 10.4. The minimum Gasteiger partial charge on any atom is -0.870 e. The first-order valence-corrected chi connectivity index (χ1v) is 11.8. The Morgan fingerprint density at radius 3 is 1.00 bits per heavy atom. The normalized spacial score (nSPS) is 10.9. The number of hydrogen-bond acceptors (Lipinski definition) is 1. The molecule has 0 aromatic rings. The third kappa shape index (κ3) is 10.8. The smallest absolute Gasteiger partial charge is 0.870 e. The van der Waals surface area contributed by atoms with Gasteiger partial charge in [0, 0.05) is 0 Å². The van der Waals surface area contributed by atoms with E-state index in [2.05, 4.69) is 41.5 Å². The van der Waals surface area contributed by atoms with Crippen LogP contribution >= 0.6 is 0 Å². The van der Waals surface area contributed by atoms with Gasteiger partial charge in [0.1, 0.15) is 0 Å². The molecule has 0 heterocycles. The predicted octanol–water partition coefficient (Wildman–Crippen LogP) is 4.27. The van der Waals surface area contributed by atoms with E-state index in [0.29, 0.717) is 0 Å². The summed E-state index contributed by atoms with van der Waals surface area (Å²) in [7, 11) is 0. The molecule has 14 heavy (non-hydrogen) atoms. The summed E-state index contributed by atoms with van der Waals surface area (Å²) in [5.74, 6) is 2.85. The van der Waals surface area contributed by atoms with E-state index in [1.165, 1.54) is 0 Å². The first-order valence-electron chi connectivity index (χ1n) is 5.75. The van der Waals surface area contributed by atoms with Crippen molar-refractivity contribution < 1.29 is 5.48 Å². The van der Waals surface area contributed by atoms with Gasteiger partial charge >= 0.3 is 92.4 Å². The van der Waals surface area contributed by atoms with Crippen LogP contribution in [0, 0.1) is 17.8 Å². The van der Waals surface area contributed by atoms with Crippen LogP contribution in [0.1, 0.15) is 41.5 Å². The van der Waals surface area contributed by atoms with Gasteiger partial charge in [-0.15, -0.1) is 0 Å². The Morgan fingerprint density at radius 2 is 0.857 bits per heavy atom. The monoisotopic (exact) mass is 308 g/mol. The van der Waals surface area contributed by atoms with Gasteiger partial charge in [-0.25, -0.2) is 0 Å². The Balaban J connectivity index is 0. The maximum atomic E-state index is 2.39. The molecule has 86 valence electrons. The average Bonchev–Trinajstić information content (AvgIpc) is 1.80. The SMILES string of the molecule is CC(C)[CH2][Sn+]([CH2]C(C)C)[CH2]C(C)C.[OH-]. The molecular formula is C12H28OSn. The quantitative estimate of drug-likeness (QED) is 0.674. The van der Waals surface area contributed by atoms with Crippen molar-refractivity contribution in [3.8, 4) is 0 Å². The molecule has 2 heteroatoms. The van der Waals surface area contributed by atoms with Crippen molar-refractivity contribution >= 4 is 19.8 Å². The van der Waals surface area contributed by atoms with E-state index in [4.69, 9.17) is 0 Å². The Morgan fingerprint density at radius 1 is 0.643 bits per heavy atom. The molecule has 0 rings (SSSR count). The summed E-state index contributed by atoms with van der Waals surface area (Å²) in [4.78, 5) is 0. The molecule has 0 radical (unpaired) electrons. The van der Waals surface area contributed by atoms with E-state index in [1.807, 2.05) is 0 Å². The number of rotatable bonds is 6. The molecule has 0 atom stereocenters. The Labute approximate surface area is 97.7 Å². The van der Waals surface area contributed by atoms with E-state index < -0.39 is 19.8 Å². The van der Waals surface area contributed by atoms with Crippen molar-refractivity contribution in [3.05, 3.63) is 0 Å². The van der Waals surface area contributed by atoms with Crippen molar-refractivity contribution in [2.24, 2.45) is 17.8 Å². The van der Waals surface area contributed by atoms with Crippen molar-refractivity contribution in [2.75, 3.05) is 0 Å². The summed E-state index contributed by atoms with van der Waals surface area (Å²) in [6.07, 6.45) is 0. The molecule has 1 N–H and O–H groups in total. The Hall–Kier alpha value is 0.759. The average molecular weight is 307 g/mol. The maximum Gasteiger partial charge on any atom is -0.870 e. The molecular weight excluding hydrogens is 279 g/mol. The summed E-state index contributed by atoms with van der Waals surface area (Å²) in [5, 5.41) is 0. The van der Waals surface area contributed by atoms with Gasteiger partial charge in [-0.1, -0.05) is 0 Å². The molecule has 1 nitrogen and oxygen atoms in total. The predicted molar refractivity (Wildman–Crippen MR) is 66.6 cm³/mol. The summed E-state index contributed by atoms with van der Waals surface area (Å²) in [5.41, 5.74) is 0. The standard InChI is InChI=1S/3C4H9.H2O.Sn/c3*1-4(2)3;;/h3*4H,1H2,2-3H3;1H2;/q;;;;+1/p-1. The van der Waals surface area contributed by atoms with Crippen LogP contribution in [-0.4, -0.2) is 25.2 Å². The van der Waals surface area contributed by atoms with E-state index in [9.17, 15) is 0 Å². The van der Waals surface area contributed by atoms with Crippen LogP contribution in [0.4, 0.5) is 0 Å². The van der Waals surface area contributed by atoms with Gasteiger partial charge in [-0.05, 0) is 0 Å². The van der Waals surface area contributed by atoms with E-state index in [1.54, 1.807) is 13.3 Å². The first-order chi connectivity index (χ1) is 5.91. The second-order valence-electron chi connectivity index (χ2n) is 5.54. The van der Waals surface area contributed by atoms with Crippen molar-refractivity contribution in [3.63, 3.8) is 0 Å². The summed E-state index contributed by atoms with van der Waals surface area (Å²) in [6, 6.07) is 0. The largest absolute Gasteiger partial charge is 0.870 e. The Kier molecular flexibility index (Phi) is 11.1. The molecule has 0 unspecified atom stereocenters. The van der Waals surface area contributed by atoms with Crippen LogP contribution in [0.5, 0.6) is 0 Å². The topological polar surface area (TPSA) is 30.0 Å². The van der Waals surface area contributed by atoms with Crippen LogP contribution in [0.15, 0.2) is 0 Å². The maximum absolute atomic E-state index is 2.39. The molecule has 0 saturated heterocycles. The fraction of sp³-hybridized carbons (Fsp3) is 1.00. The molecule has 0 aliphatic rings. The first kappa shape index (κ1) is 17.2. The van der Waals surface area contributed by atoms with Crippen molar-refractivity contribution in [2.45, 2.75) is 54.9 Å². The fourth-order valence-electron chi connectivity index (χ4n) is 1.98.